The highest BCUT2D eigenvalue weighted by molar-refractivity contribution is 6.35. The molecular formula is C17H25N3O4. The molecule has 0 spiro atoms. The SMILES string of the molecule is CCOc1ccc(/C=N\NC(=O)C(=O)NCCCOC(C)C)cc1. The molecule has 1 aromatic rings. The molecule has 0 bridgehead atoms. The Balaban J connectivity index is 2.27. The first-order chi connectivity index (χ1) is 11.5. The summed E-state index contributed by atoms with van der Waals surface area (Å²) in [6.45, 7) is 7.30. The summed E-state index contributed by atoms with van der Waals surface area (Å²) in [5.41, 5.74) is 2.97. The van der Waals surface area contributed by atoms with E-state index in [1.165, 1.54) is 6.21 Å². The minimum absolute atomic E-state index is 0.154. The Labute approximate surface area is 142 Å². The van der Waals surface area contributed by atoms with E-state index in [0.717, 1.165) is 11.3 Å². The van der Waals surface area contributed by atoms with Crippen molar-refractivity contribution < 1.29 is 19.1 Å². The van der Waals surface area contributed by atoms with Gasteiger partial charge in [-0.05, 0) is 57.0 Å². The molecular weight excluding hydrogens is 310 g/mol. The van der Waals surface area contributed by atoms with Gasteiger partial charge in [-0.1, -0.05) is 0 Å². The maximum Gasteiger partial charge on any atom is 0.329 e. The van der Waals surface area contributed by atoms with Crippen LogP contribution in [0.3, 0.4) is 0 Å². The normalized spacial score (nSPS) is 10.8. The summed E-state index contributed by atoms with van der Waals surface area (Å²) in [5.74, 6) is -0.759. The van der Waals surface area contributed by atoms with E-state index in [1.807, 2.05) is 20.8 Å². The summed E-state index contributed by atoms with van der Waals surface area (Å²) in [5, 5.41) is 6.26. The van der Waals surface area contributed by atoms with Gasteiger partial charge in [0.2, 0.25) is 0 Å². The fourth-order valence-electron chi connectivity index (χ4n) is 1.71. The lowest BCUT2D eigenvalue weighted by Crippen LogP contribution is -2.38. The van der Waals surface area contributed by atoms with Gasteiger partial charge in [0.15, 0.2) is 0 Å². The van der Waals surface area contributed by atoms with Gasteiger partial charge in [0, 0.05) is 13.2 Å². The number of carbonyl (C=O) groups is 2. The Hall–Kier alpha value is -2.41. The van der Waals surface area contributed by atoms with Gasteiger partial charge in [-0.2, -0.15) is 5.10 Å². The average Bonchev–Trinajstić information content (AvgIpc) is 2.55. The number of hydrogen-bond acceptors (Lipinski definition) is 5. The van der Waals surface area contributed by atoms with Crippen molar-refractivity contribution >= 4 is 18.0 Å². The molecule has 2 amide bonds. The van der Waals surface area contributed by atoms with E-state index in [9.17, 15) is 9.59 Å². The number of nitrogens with one attached hydrogen (secondary N) is 2. The third-order valence-corrected chi connectivity index (χ3v) is 2.83. The highest BCUT2D eigenvalue weighted by Gasteiger charge is 2.11. The van der Waals surface area contributed by atoms with Crippen LogP contribution in [0.15, 0.2) is 29.4 Å². The number of amides is 2. The lowest BCUT2D eigenvalue weighted by Gasteiger charge is -2.07. The van der Waals surface area contributed by atoms with E-state index in [-0.39, 0.29) is 6.10 Å². The lowest BCUT2D eigenvalue weighted by molar-refractivity contribution is -0.139. The molecule has 0 saturated heterocycles. The van der Waals surface area contributed by atoms with E-state index in [2.05, 4.69) is 15.8 Å². The number of hydrazone groups is 1. The molecule has 0 unspecified atom stereocenters. The van der Waals surface area contributed by atoms with Crippen LogP contribution < -0.4 is 15.5 Å². The van der Waals surface area contributed by atoms with Crippen LogP contribution in [-0.4, -0.2) is 43.9 Å². The van der Waals surface area contributed by atoms with Crippen molar-refractivity contribution in [3.8, 4) is 5.75 Å². The molecule has 7 heteroatoms. The van der Waals surface area contributed by atoms with Gasteiger partial charge in [0.1, 0.15) is 5.75 Å². The summed E-state index contributed by atoms with van der Waals surface area (Å²) >= 11 is 0. The maximum atomic E-state index is 11.6. The Morgan fingerprint density at radius 2 is 1.92 bits per heavy atom. The zero-order chi connectivity index (χ0) is 17.8. The second-order valence-corrected chi connectivity index (χ2v) is 5.23. The van der Waals surface area contributed by atoms with Crippen molar-refractivity contribution in [2.45, 2.75) is 33.3 Å². The minimum atomic E-state index is -0.804. The first-order valence-corrected chi connectivity index (χ1v) is 7.98. The highest BCUT2D eigenvalue weighted by atomic mass is 16.5. The lowest BCUT2D eigenvalue weighted by atomic mass is 10.2. The van der Waals surface area contributed by atoms with Crippen molar-refractivity contribution in [3.05, 3.63) is 29.8 Å². The first kappa shape index (κ1) is 19.6. The fourth-order valence-corrected chi connectivity index (χ4v) is 1.71. The molecule has 1 rings (SSSR count). The number of hydrogen-bond donors (Lipinski definition) is 2. The quantitative estimate of drug-likeness (QED) is 0.309. The van der Waals surface area contributed by atoms with Crippen molar-refractivity contribution in [1.29, 1.82) is 0 Å². The van der Waals surface area contributed by atoms with Crippen LogP contribution in [0.4, 0.5) is 0 Å². The molecule has 132 valence electrons. The Bertz CT molecular complexity index is 541. The van der Waals surface area contributed by atoms with Crippen LogP contribution in [0.25, 0.3) is 0 Å². The monoisotopic (exact) mass is 335 g/mol. The van der Waals surface area contributed by atoms with Gasteiger partial charge >= 0.3 is 11.8 Å². The molecule has 7 nitrogen and oxygen atoms in total. The molecule has 0 aromatic heterocycles. The van der Waals surface area contributed by atoms with Crippen LogP contribution in [-0.2, 0) is 14.3 Å². The molecule has 0 fully saturated rings. The summed E-state index contributed by atoms with van der Waals surface area (Å²) in [6, 6.07) is 7.21. The van der Waals surface area contributed by atoms with Gasteiger partial charge in [-0.25, -0.2) is 5.43 Å². The van der Waals surface area contributed by atoms with Crippen molar-refractivity contribution in [2.24, 2.45) is 5.10 Å². The van der Waals surface area contributed by atoms with Crippen molar-refractivity contribution in [1.82, 2.24) is 10.7 Å². The first-order valence-electron chi connectivity index (χ1n) is 7.98. The molecule has 0 aliphatic rings. The summed E-state index contributed by atoms with van der Waals surface area (Å²) in [4.78, 5) is 23.1. The second kappa shape index (κ2) is 11.2. The second-order valence-electron chi connectivity index (χ2n) is 5.23. The van der Waals surface area contributed by atoms with E-state index in [4.69, 9.17) is 9.47 Å². The van der Waals surface area contributed by atoms with Crippen molar-refractivity contribution in [3.63, 3.8) is 0 Å². The molecule has 0 aliphatic carbocycles. The standard InChI is InChI=1S/C17H25N3O4/c1-4-23-15-8-6-14(7-9-15)12-19-20-17(22)16(21)18-10-5-11-24-13(2)3/h6-9,12-13H,4-5,10-11H2,1-3H3,(H,18,21)(H,20,22)/b19-12-. The molecule has 1 aromatic carbocycles. The predicted molar refractivity (Wildman–Crippen MR) is 92.1 cm³/mol. The summed E-state index contributed by atoms with van der Waals surface area (Å²) < 4.78 is 10.7. The van der Waals surface area contributed by atoms with E-state index in [1.54, 1.807) is 24.3 Å². The van der Waals surface area contributed by atoms with Gasteiger partial charge in [-0.3, -0.25) is 9.59 Å². The predicted octanol–water partition coefficient (Wildman–Crippen LogP) is 1.47. The number of ether oxygens (including phenoxy) is 2. The van der Waals surface area contributed by atoms with Gasteiger partial charge < -0.3 is 14.8 Å². The average molecular weight is 335 g/mol. The van der Waals surface area contributed by atoms with E-state index < -0.39 is 11.8 Å². The van der Waals surface area contributed by atoms with Crippen molar-refractivity contribution in [2.75, 3.05) is 19.8 Å². The summed E-state index contributed by atoms with van der Waals surface area (Å²) in [6.07, 6.45) is 2.25. The molecule has 2 N–H and O–H groups in total. The molecule has 24 heavy (non-hydrogen) atoms. The highest BCUT2D eigenvalue weighted by Crippen LogP contribution is 2.10. The molecule has 0 aliphatic heterocycles. The fraction of sp³-hybridized carbons (Fsp3) is 0.471. The van der Waals surface area contributed by atoms with Crippen LogP contribution >= 0.6 is 0 Å². The molecule has 0 saturated carbocycles. The van der Waals surface area contributed by atoms with E-state index >= 15 is 0 Å². The topological polar surface area (TPSA) is 89.0 Å². The smallest absolute Gasteiger partial charge is 0.329 e. The number of rotatable bonds is 9. The zero-order valence-electron chi connectivity index (χ0n) is 14.4. The number of carbonyl (C=O) groups excluding carboxylic acids is 2. The van der Waals surface area contributed by atoms with Gasteiger partial charge in [0.25, 0.3) is 0 Å². The zero-order valence-corrected chi connectivity index (χ0v) is 14.4. The molecule has 0 heterocycles. The van der Waals surface area contributed by atoms with Gasteiger partial charge in [-0.15, -0.1) is 0 Å². The van der Waals surface area contributed by atoms with Crippen LogP contribution in [0.2, 0.25) is 0 Å². The number of benzene rings is 1. The molecule has 0 atom stereocenters. The van der Waals surface area contributed by atoms with Crippen LogP contribution in [0, 0.1) is 0 Å². The largest absolute Gasteiger partial charge is 0.494 e. The Morgan fingerprint density at radius 3 is 2.54 bits per heavy atom. The van der Waals surface area contributed by atoms with Crippen LogP contribution in [0.5, 0.6) is 5.75 Å². The maximum absolute atomic E-state index is 11.6. The Kier molecular flexibility index (Phi) is 9.14. The third-order valence-electron chi connectivity index (χ3n) is 2.83. The van der Waals surface area contributed by atoms with Gasteiger partial charge in [0.05, 0.1) is 18.9 Å². The molecule has 0 radical (unpaired) electrons. The van der Waals surface area contributed by atoms with Crippen LogP contribution in [0.1, 0.15) is 32.8 Å². The number of nitrogens with zero attached hydrogens (tertiary/aromatic N) is 1. The minimum Gasteiger partial charge on any atom is -0.494 e. The Morgan fingerprint density at radius 1 is 1.21 bits per heavy atom. The summed E-state index contributed by atoms with van der Waals surface area (Å²) in [7, 11) is 0. The van der Waals surface area contributed by atoms with E-state index in [0.29, 0.717) is 26.2 Å². The third kappa shape index (κ3) is 8.28.